The first kappa shape index (κ1) is 9.52. The summed E-state index contributed by atoms with van der Waals surface area (Å²) < 4.78 is 0. The van der Waals surface area contributed by atoms with E-state index in [0.717, 1.165) is 11.1 Å². The van der Waals surface area contributed by atoms with Crippen LogP contribution >= 0.6 is 11.6 Å². The summed E-state index contributed by atoms with van der Waals surface area (Å²) in [6.45, 7) is 3.85. The lowest BCUT2D eigenvalue weighted by Gasteiger charge is -2.10. The highest BCUT2D eigenvalue weighted by atomic mass is 35.5. The second kappa shape index (κ2) is 3.90. The molecule has 0 amide bonds. The average molecular weight is 186 g/mol. The molecular formula is C9H12ClNO. The number of halogens is 1. The Morgan fingerprint density at radius 3 is 2.67 bits per heavy atom. The lowest BCUT2D eigenvalue weighted by molar-refractivity contribution is 0.0665. The van der Waals surface area contributed by atoms with Crippen molar-refractivity contribution in [3.8, 4) is 0 Å². The van der Waals surface area contributed by atoms with Gasteiger partial charge in [-0.2, -0.15) is 0 Å². The molecule has 12 heavy (non-hydrogen) atoms. The van der Waals surface area contributed by atoms with Crippen molar-refractivity contribution in [3.05, 3.63) is 34.3 Å². The van der Waals surface area contributed by atoms with Crippen molar-refractivity contribution in [1.29, 1.82) is 0 Å². The van der Waals surface area contributed by atoms with Gasteiger partial charge in [0.25, 0.3) is 0 Å². The lowest BCUT2D eigenvalue weighted by Crippen LogP contribution is -2.05. The maximum Gasteiger partial charge on any atom is 0.102 e. The monoisotopic (exact) mass is 185 g/mol. The van der Waals surface area contributed by atoms with Gasteiger partial charge in [0.1, 0.15) is 6.10 Å². The molecule has 1 atom stereocenters. The standard InChI is InChI=1S/C9H12ClNO/c1-6-3-4-8(7(2)12-11)9(10)5-6/h3-5,7H,11H2,1-2H3. The predicted octanol–water partition coefficient (Wildman–Crippen LogP) is 2.60. The summed E-state index contributed by atoms with van der Waals surface area (Å²) in [5.41, 5.74) is 2.05. The molecule has 0 heterocycles. The van der Waals surface area contributed by atoms with Crippen LogP contribution in [-0.2, 0) is 4.84 Å². The quantitative estimate of drug-likeness (QED) is 0.719. The van der Waals surface area contributed by atoms with E-state index in [0.29, 0.717) is 5.02 Å². The van der Waals surface area contributed by atoms with Crippen LogP contribution in [0.15, 0.2) is 18.2 Å². The summed E-state index contributed by atoms with van der Waals surface area (Å²) >= 11 is 5.97. The van der Waals surface area contributed by atoms with Crippen molar-refractivity contribution in [1.82, 2.24) is 0 Å². The number of hydrogen-bond donors (Lipinski definition) is 1. The van der Waals surface area contributed by atoms with Crippen LogP contribution < -0.4 is 5.90 Å². The van der Waals surface area contributed by atoms with E-state index in [1.807, 2.05) is 32.0 Å². The molecule has 0 bridgehead atoms. The van der Waals surface area contributed by atoms with Gasteiger partial charge >= 0.3 is 0 Å². The first-order chi connectivity index (χ1) is 5.65. The molecule has 1 rings (SSSR count). The van der Waals surface area contributed by atoms with Gasteiger partial charge in [-0.05, 0) is 25.5 Å². The number of hydrogen-bond acceptors (Lipinski definition) is 2. The summed E-state index contributed by atoms with van der Waals surface area (Å²) in [7, 11) is 0. The van der Waals surface area contributed by atoms with Crippen LogP contribution in [-0.4, -0.2) is 0 Å². The summed E-state index contributed by atoms with van der Waals surface area (Å²) in [6.07, 6.45) is -0.155. The van der Waals surface area contributed by atoms with Crippen molar-refractivity contribution < 1.29 is 4.84 Å². The maximum atomic E-state index is 5.97. The fraction of sp³-hybridized carbons (Fsp3) is 0.333. The van der Waals surface area contributed by atoms with E-state index in [1.54, 1.807) is 0 Å². The molecule has 0 aliphatic rings. The molecule has 1 aromatic rings. The molecule has 0 saturated heterocycles. The minimum Gasteiger partial charge on any atom is -0.297 e. The molecule has 66 valence electrons. The summed E-state index contributed by atoms with van der Waals surface area (Å²) in [6, 6.07) is 5.80. The average Bonchev–Trinajstić information content (AvgIpc) is 2.03. The smallest absolute Gasteiger partial charge is 0.102 e. The first-order valence-corrected chi connectivity index (χ1v) is 4.14. The summed E-state index contributed by atoms with van der Waals surface area (Å²) in [5.74, 6) is 5.05. The fourth-order valence-corrected chi connectivity index (χ4v) is 1.42. The number of nitrogens with two attached hydrogens (primary N) is 1. The highest BCUT2D eigenvalue weighted by Crippen LogP contribution is 2.24. The van der Waals surface area contributed by atoms with Crippen molar-refractivity contribution in [2.75, 3.05) is 0 Å². The Balaban J connectivity index is 3.01. The van der Waals surface area contributed by atoms with Gasteiger partial charge in [0.15, 0.2) is 0 Å². The topological polar surface area (TPSA) is 35.2 Å². The molecule has 1 unspecified atom stereocenters. The molecule has 0 spiro atoms. The third-order valence-corrected chi connectivity index (χ3v) is 2.13. The van der Waals surface area contributed by atoms with Crippen LogP contribution in [0.5, 0.6) is 0 Å². The minimum absolute atomic E-state index is 0.155. The molecule has 0 aliphatic carbocycles. The largest absolute Gasteiger partial charge is 0.297 e. The Morgan fingerprint density at radius 1 is 1.50 bits per heavy atom. The van der Waals surface area contributed by atoms with Gasteiger partial charge in [0.05, 0.1) is 0 Å². The molecule has 0 saturated carbocycles. The molecule has 1 aromatic carbocycles. The van der Waals surface area contributed by atoms with E-state index in [1.165, 1.54) is 0 Å². The number of aryl methyl sites for hydroxylation is 1. The number of rotatable bonds is 2. The van der Waals surface area contributed by atoms with Gasteiger partial charge in [-0.15, -0.1) is 0 Å². The second-order valence-electron chi connectivity index (χ2n) is 2.80. The molecule has 0 aliphatic heterocycles. The minimum atomic E-state index is -0.155. The fourth-order valence-electron chi connectivity index (χ4n) is 1.04. The Labute approximate surface area is 77.2 Å². The van der Waals surface area contributed by atoms with Crippen molar-refractivity contribution in [2.24, 2.45) is 5.90 Å². The second-order valence-corrected chi connectivity index (χ2v) is 3.21. The highest BCUT2D eigenvalue weighted by Gasteiger charge is 2.08. The van der Waals surface area contributed by atoms with Crippen LogP contribution in [0.3, 0.4) is 0 Å². The van der Waals surface area contributed by atoms with Gasteiger partial charge in [-0.3, -0.25) is 4.84 Å². The van der Waals surface area contributed by atoms with Gasteiger partial charge in [0.2, 0.25) is 0 Å². The zero-order chi connectivity index (χ0) is 9.14. The van der Waals surface area contributed by atoms with E-state index in [4.69, 9.17) is 17.5 Å². The molecule has 2 N–H and O–H groups in total. The normalized spacial score (nSPS) is 13.0. The van der Waals surface area contributed by atoms with E-state index in [2.05, 4.69) is 4.84 Å². The summed E-state index contributed by atoms with van der Waals surface area (Å²) in [5, 5.41) is 0.702. The molecule has 0 fully saturated rings. The van der Waals surface area contributed by atoms with Crippen molar-refractivity contribution in [2.45, 2.75) is 20.0 Å². The molecular weight excluding hydrogens is 174 g/mol. The van der Waals surface area contributed by atoms with Gasteiger partial charge < -0.3 is 0 Å². The first-order valence-electron chi connectivity index (χ1n) is 3.76. The van der Waals surface area contributed by atoms with Crippen molar-refractivity contribution in [3.63, 3.8) is 0 Å². The zero-order valence-corrected chi connectivity index (χ0v) is 7.93. The van der Waals surface area contributed by atoms with Gasteiger partial charge in [-0.25, -0.2) is 5.90 Å². The SMILES string of the molecule is Cc1ccc(C(C)ON)c(Cl)c1. The van der Waals surface area contributed by atoms with E-state index in [-0.39, 0.29) is 6.10 Å². The highest BCUT2D eigenvalue weighted by molar-refractivity contribution is 6.31. The van der Waals surface area contributed by atoms with Crippen LogP contribution in [0.2, 0.25) is 5.02 Å². The third kappa shape index (κ3) is 1.97. The van der Waals surface area contributed by atoms with E-state index >= 15 is 0 Å². The summed E-state index contributed by atoms with van der Waals surface area (Å²) in [4.78, 5) is 4.67. The van der Waals surface area contributed by atoms with Crippen LogP contribution in [0.1, 0.15) is 24.2 Å². The van der Waals surface area contributed by atoms with Crippen LogP contribution in [0.4, 0.5) is 0 Å². The van der Waals surface area contributed by atoms with Crippen molar-refractivity contribution >= 4 is 11.6 Å². The Morgan fingerprint density at radius 2 is 2.17 bits per heavy atom. The third-order valence-electron chi connectivity index (χ3n) is 1.80. The molecule has 2 nitrogen and oxygen atoms in total. The Hall–Kier alpha value is -0.570. The Kier molecular flexibility index (Phi) is 3.09. The molecule has 0 radical (unpaired) electrons. The maximum absolute atomic E-state index is 5.97. The Bertz CT molecular complexity index is 275. The van der Waals surface area contributed by atoms with Gasteiger partial charge in [-0.1, -0.05) is 23.7 Å². The lowest BCUT2D eigenvalue weighted by atomic mass is 10.1. The van der Waals surface area contributed by atoms with Gasteiger partial charge in [0, 0.05) is 10.6 Å². The van der Waals surface area contributed by atoms with E-state index in [9.17, 15) is 0 Å². The van der Waals surface area contributed by atoms with Crippen LogP contribution in [0, 0.1) is 6.92 Å². The zero-order valence-electron chi connectivity index (χ0n) is 7.17. The predicted molar refractivity (Wildman–Crippen MR) is 49.9 cm³/mol. The molecule has 3 heteroatoms. The molecule has 0 aromatic heterocycles. The van der Waals surface area contributed by atoms with E-state index < -0.39 is 0 Å². The number of benzene rings is 1. The van der Waals surface area contributed by atoms with Crippen LogP contribution in [0.25, 0.3) is 0 Å².